The lowest BCUT2D eigenvalue weighted by atomic mass is 10.2. The smallest absolute Gasteiger partial charge is 0.133 e. The minimum absolute atomic E-state index is 0.315. The van der Waals surface area contributed by atoms with Gasteiger partial charge in [0.25, 0.3) is 0 Å². The molecule has 44 valence electrons. The van der Waals surface area contributed by atoms with Crippen molar-refractivity contribution < 1.29 is 4.79 Å². The predicted octanol–water partition coefficient (Wildman–Crippen LogP) is 1.40. The van der Waals surface area contributed by atoms with E-state index in [0.29, 0.717) is 17.6 Å². The molecule has 0 aliphatic heterocycles. The van der Waals surface area contributed by atoms with Gasteiger partial charge in [0, 0.05) is 5.92 Å². The molecule has 0 radical (unpaired) electrons. The molecule has 0 aromatic heterocycles. The Bertz CT molecular complexity index is 126. The maximum Gasteiger partial charge on any atom is 0.133 e. The SMILES string of the molecule is C=C[C@@H]1CC1C(C)=O. The van der Waals surface area contributed by atoms with Crippen molar-refractivity contribution in [3.8, 4) is 0 Å². The fourth-order valence-corrected chi connectivity index (χ4v) is 0.943. The minimum atomic E-state index is 0.315. The van der Waals surface area contributed by atoms with Gasteiger partial charge < -0.3 is 0 Å². The fourth-order valence-electron chi connectivity index (χ4n) is 0.943. The number of Topliss-reactive ketones (excluding diaryl/α,β-unsaturated/α-hetero) is 1. The fraction of sp³-hybridized carbons (Fsp3) is 0.571. The van der Waals surface area contributed by atoms with E-state index in [0.717, 1.165) is 6.42 Å². The van der Waals surface area contributed by atoms with E-state index in [1.807, 2.05) is 6.08 Å². The third kappa shape index (κ3) is 0.808. The molecule has 1 saturated carbocycles. The van der Waals surface area contributed by atoms with Crippen molar-refractivity contribution in [3.05, 3.63) is 12.7 Å². The van der Waals surface area contributed by atoms with E-state index in [4.69, 9.17) is 0 Å². The van der Waals surface area contributed by atoms with E-state index in [2.05, 4.69) is 6.58 Å². The first kappa shape index (κ1) is 5.54. The van der Waals surface area contributed by atoms with Crippen LogP contribution < -0.4 is 0 Å². The normalized spacial score (nSPS) is 34.1. The van der Waals surface area contributed by atoms with Crippen molar-refractivity contribution in [1.29, 1.82) is 0 Å². The molecule has 1 aliphatic rings. The summed E-state index contributed by atoms with van der Waals surface area (Å²) in [5, 5.41) is 0. The van der Waals surface area contributed by atoms with Crippen LogP contribution in [0.3, 0.4) is 0 Å². The topological polar surface area (TPSA) is 17.1 Å². The molecule has 1 fully saturated rings. The Morgan fingerprint density at radius 3 is 2.62 bits per heavy atom. The second-order valence-electron chi connectivity index (χ2n) is 2.35. The number of hydrogen-bond acceptors (Lipinski definition) is 1. The van der Waals surface area contributed by atoms with Crippen LogP contribution in [0.5, 0.6) is 0 Å². The summed E-state index contributed by atoms with van der Waals surface area (Å²) in [6, 6.07) is 0. The lowest BCUT2D eigenvalue weighted by Crippen LogP contribution is -1.92. The van der Waals surface area contributed by atoms with Gasteiger partial charge in [0.15, 0.2) is 0 Å². The number of allylic oxidation sites excluding steroid dienone is 1. The predicted molar refractivity (Wildman–Crippen MR) is 32.5 cm³/mol. The zero-order chi connectivity index (χ0) is 6.15. The number of rotatable bonds is 2. The summed E-state index contributed by atoms with van der Waals surface area (Å²) < 4.78 is 0. The molecule has 0 aromatic carbocycles. The van der Waals surface area contributed by atoms with Gasteiger partial charge in [-0.25, -0.2) is 0 Å². The Morgan fingerprint density at radius 1 is 1.88 bits per heavy atom. The zero-order valence-electron chi connectivity index (χ0n) is 5.05. The molecule has 1 unspecified atom stereocenters. The number of ketones is 1. The van der Waals surface area contributed by atoms with Crippen molar-refractivity contribution in [3.63, 3.8) is 0 Å². The van der Waals surface area contributed by atoms with Gasteiger partial charge in [-0.3, -0.25) is 4.79 Å². The summed E-state index contributed by atoms with van der Waals surface area (Å²) in [7, 11) is 0. The Kier molecular flexibility index (Phi) is 1.20. The van der Waals surface area contributed by atoms with Gasteiger partial charge in [0.1, 0.15) is 5.78 Å². The average Bonchev–Trinajstić information content (AvgIpc) is 2.42. The maximum atomic E-state index is 10.5. The molecule has 1 aliphatic carbocycles. The lowest BCUT2D eigenvalue weighted by molar-refractivity contribution is -0.118. The maximum absolute atomic E-state index is 10.5. The first-order valence-electron chi connectivity index (χ1n) is 2.88. The molecule has 0 bridgehead atoms. The molecule has 2 atom stereocenters. The van der Waals surface area contributed by atoms with Gasteiger partial charge in [-0.05, 0) is 19.3 Å². The third-order valence-corrected chi connectivity index (χ3v) is 1.66. The lowest BCUT2D eigenvalue weighted by Gasteiger charge is -1.82. The highest BCUT2D eigenvalue weighted by Gasteiger charge is 2.37. The van der Waals surface area contributed by atoms with E-state index in [-0.39, 0.29) is 0 Å². The van der Waals surface area contributed by atoms with Crippen LogP contribution in [0, 0.1) is 11.8 Å². The summed E-state index contributed by atoms with van der Waals surface area (Å²) in [6.07, 6.45) is 2.91. The Morgan fingerprint density at radius 2 is 2.50 bits per heavy atom. The van der Waals surface area contributed by atoms with Crippen molar-refractivity contribution in [2.75, 3.05) is 0 Å². The van der Waals surface area contributed by atoms with Crippen molar-refractivity contribution in [1.82, 2.24) is 0 Å². The van der Waals surface area contributed by atoms with Gasteiger partial charge in [0.05, 0.1) is 0 Å². The Hall–Kier alpha value is -0.590. The van der Waals surface area contributed by atoms with E-state index in [1.165, 1.54) is 0 Å². The first-order valence-corrected chi connectivity index (χ1v) is 2.88. The molecule has 1 nitrogen and oxygen atoms in total. The van der Waals surface area contributed by atoms with Crippen LogP contribution in [0.15, 0.2) is 12.7 Å². The molecule has 0 saturated heterocycles. The number of hydrogen-bond donors (Lipinski definition) is 0. The zero-order valence-corrected chi connectivity index (χ0v) is 5.05. The van der Waals surface area contributed by atoms with Gasteiger partial charge in [-0.15, -0.1) is 6.58 Å². The molecule has 0 N–H and O–H groups in total. The highest BCUT2D eigenvalue weighted by Crippen LogP contribution is 2.39. The summed E-state index contributed by atoms with van der Waals surface area (Å²) in [4.78, 5) is 10.5. The highest BCUT2D eigenvalue weighted by atomic mass is 16.1. The number of carbonyl (C=O) groups is 1. The second-order valence-corrected chi connectivity index (χ2v) is 2.35. The first-order chi connectivity index (χ1) is 3.75. The summed E-state index contributed by atoms with van der Waals surface area (Å²) in [6.45, 7) is 5.25. The van der Waals surface area contributed by atoms with Gasteiger partial charge in [-0.1, -0.05) is 6.08 Å². The third-order valence-electron chi connectivity index (χ3n) is 1.66. The van der Waals surface area contributed by atoms with Crippen LogP contribution in [-0.4, -0.2) is 5.78 Å². The van der Waals surface area contributed by atoms with Crippen LogP contribution in [0.4, 0.5) is 0 Å². The standard InChI is InChI=1S/C7H10O/c1-3-6-4-7(6)5(2)8/h3,6-7H,1,4H2,2H3/t6-,7?/m1/s1. The highest BCUT2D eigenvalue weighted by molar-refractivity contribution is 5.81. The molecule has 8 heavy (non-hydrogen) atoms. The van der Waals surface area contributed by atoms with E-state index in [1.54, 1.807) is 6.92 Å². The quantitative estimate of drug-likeness (QED) is 0.491. The Labute approximate surface area is 49.4 Å². The van der Waals surface area contributed by atoms with Crippen LogP contribution in [0.25, 0.3) is 0 Å². The largest absolute Gasteiger partial charge is 0.300 e. The monoisotopic (exact) mass is 110 g/mol. The van der Waals surface area contributed by atoms with Crippen LogP contribution >= 0.6 is 0 Å². The Balaban J connectivity index is 2.36. The molecule has 0 heterocycles. The summed E-state index contributed by atoms with van der Waals surface area (Å²) in [5.41, 5.74) is 0. The molecule has 0 spiro atoms. The molecule has 1 heteroatoms. The molecular weight excluding hydrogens is 100 g/mol. The van der Waals surface area contributed by atoms with Crippen LogP contribution in [0.1, 0.15) is 13.3 Å². The molecular formula is C7H10O. The van der Waals surface area contributed by atoms with Gasteiger partial charge in [0.2, 0.25) is 0 Å². The average molecular weight is 110 g/mol. The minimum Gasteiger partial charge on any atom is -0.300 e. The number of carbonyl (C=O) groups excluding carboxylic acids is 1. The van der Waals surface area contributed by atoms with Gasteiger partial charge in [-0.2, -0.15) is 0 Å². The van der Waals surface area contributed by atoms with Crippen molar-refractivity contribution in [2.45, 2.75) is 13.3 Å². The molecule has 0 amide bonds. The molecule has 1 rings (SSSR count). The molecule has 0 aromatic rings. The van der Waals surface area contributed by atoms with E-state index in [9.17, 15) is 4.79 Å². The summed E-state index contributed by atoms with van der Waals surface area (Å²) in [5.74, 6) is 1.15. The van der Waals surface area contributed by atoms with E-state index < -0.39 is 0 Å². The van der Waals surface area contributed by atoms with E-state index >= 15 is 0 Å². The van der Waals surface area contributed by atoms with Crippen molar-refractivity contribution in [2.24, 2.45) is 11.8 Å². The van der Waals surface area contributed by atoms with Crippen LogP contribution in [-0.2, 0) is 4.79 Å². The van der Waals surface area contributed by atoms with Crippen LogP contribution in [0.2, 0.25) is 0 Å². The summed E-state index contributed by atoms with van der Waals surface area (Å²) >= 11 is 0. The van der Waals surface area contributed by atoms with Gasteiger partial charge >= 0.3 is 0 Å². The second kappa shape index (κ2) is 1.73. The van der Waals surface area contributed by atoms with Crippen molar-refractivity contribution >= 4 is 5.78 Å².